The van der Waals surface area contributed by atoms with E-state index in [0.717, 1.165) is 16.3 Å². The van der Waals surface area contributed by atoms with Crippen molar-refractivity contribution < 1.29 is 19.4 Å². The third-order valence-electron chi connectivity index (χ3n) is 3.15. The minimum Gasteiger partial charge on any atom is -0.507 e. The summed E-state index contributed by atoms with van der Waals surface area (Å²) in [5, 5.41) is 11.5. The highest BCUT2D eigenvalue weighted by Gasteiger charge is 2.20. The molecule has 2 aromatic carbocycles. The van der Waals surface area contributed by atoms with Crippen molar-refractivity contribution in [1.29, 1.82) is 0 Å². The van der Waals surface area contributed by atoms with Crippen LogP contribution in [0.15, 0.2) is 36.4 Å². The van der Waals surface area contributed by atoms with Crippen molar-refractivity contribution in [2.75, 3.05) is 14.2 Å². The van der Waals surface area contributed by atoms with Crippen molar-refractivity contribution in [3.63, 3.8) is 0 Å². The average molecular weight is 260 g/mol. The van der Waals surface area contributed by atoms with E-state index < -0.39 is 12.1 Å². The predicted octanol–water partition coefficient (Wildman–Crippen LogP) is 2.28. The second-order valence-electron chi connectivity index (χ2n) is 4.24. The van der Waals surface area contributed by atoms with E-state index >= 15 is 0 Å². The maximum absolute atomic E-state index is 11.6. The SMILES string of the molecule is COC(=O)[C@H](Cc1ccc(O)c2ccccc12)OC. The lowest BCUT2D eigenvalue weighted by Gasteiger charge is -2.14. The van der Waals surface area contributed by atoms with Crippen molar-refractivity contribution in [2.24, 2.45) is 0 Å². The standard InChI is InChI=1S/C15H16O4/c1-18-14(15(17)19-2)9-10-7-8-13(16)12-6-4-3-5-11(10)12/h3-8,14,16H,9H2,1-2H3/t14-/m0/s1. The average Bonchev–Trinajstić information content (AvgIpc) is 2.46. The molecule has 0 aromatic heterocycles. The summed E-state index contributed by atoms with van der Waals surface area (Å²) in [6.07, 6.45) is -0.234. The number of rotatable bonds is 4. The van der Waals surface area contributed by atoms with Gasteiger partial charge >= 0.3 is 5.97 Å². The number of phenols is 1. The van der Waals surface area contributed by atoms with Crippen LogP contribution in [0.5, 0.6) is 5.75 Å². The molecule has 0 spiro atoms. The van der Waals surface area contributed by atoms with Gasteiger partial charge in [-0.2, -0.15) is 0 Å². The topological polar surface area (TPSA) is 55.8 Å². The van der Waals surface area contributed by atoms with Gasteiger partial charge in [-0.15, -0.1) is 0 Å². The first-order valence-corrected chi connectivity index (χ1v) is 5.97. The monoisotopic (exact) mass is 260 g/mol. The number of hydrogen-bond donors (Lipinski definition) is 1. The Bertz CT molecular complexity index is 592. The first-order chi connectivity index (χ1) is 9.17. The molecule has 0 saturated carbocycles. The third kappa shape index (κ3) is 2.69. The van der Waals surface area contributed by atoms with Crippen LogP contribution < -0.4 is 0 Å². The van der Waals surface area contributed by atoms with E-state index in [1.54, 1.807) is 12.1 Å². The Labute approximate surface area is 111 Å². The van der Waals surface area contributed by atoms with Gasteiger partial charge in [0, 0.05) is 18.9 Å². The van der Waals surface area contributed by atoms with Crippen LogP contribution in [-0.4, -0.2) is 31.4 Å². The van der Waals surface area contributed by atoms with Crippen LogP contribution in [0, 0.1) is 0 Å². The number of aromatic hydroxyl groups is 1. The van der Waals surface area contributed by atoms with Gasteiger partial charge in [0.2, 0.25) is 0 Å². The lowest BCUT2D eigenvalue weighted by atomic mass is 9.99. The van der Waals surface area contributed by atoms with Gasteiger partial charge in [0.1, 0.15) is 5.75 Å². The molecule has 2 aromatic rings. The summed E-state index contributed by atoms with van der Waals surface area (Å²) in [6.45, 7) is 0. The Balaban J connectivity index is 2.40. The highest BCUT2D eigenvalue weighted by molar-refractivity contribution is 5.91. The van der Waals surface area contributed by atoms with E-state index in [1.165, 1.54) is 14.2 Å². The Hall–Kier alpha value is -2.07. The molecule has 0 bridgehead atoms. The zero-order chi connectivity index (χ0) is 13.8. The van der Waals surface area contributed by atoms with E-state index in [9.17, 15) is 9.90 Å². The second kappa shape index (κ2) is 5.71. The number of carbonyl (C=O) groups excluding carboxylic acids is 1. The zero-order valence-electron chi connectivity index (χ0n) is 10.9. The second-order valence-corrected chi connectivity index (χ2v) is 4.24. The van der Waals surface area contributed by atoms with E-state index in [-0.39, 0.29) is 5.75 Å². The molecule has 0 aliphatic rings. The van der Waals surface area contributed by atoms with Crippen molar-refractivity contribution in [2.45, 2.75) is 12.5 Å². The number of methoxy groups -OCH3 is 2. The quantitative estimate of drug-likeness (QED) is 0.857. The van der Waals surface area contributed by atoms with E-state index in [4.69, 9.17) is 9.47 Å². The van der Waals surface area contributed by atoms with Crippen LogP contribution in [-0.2, 0) is 20.7 Å². The molecule has 0 unspecified atom stereocenters. The molecule has 0 aliphatic heterocycles. The van der Waals surface area contributed by atoms with Gasteiger partial charge in [0.05, 0.1) is 7.11 Å². The van der Waals surface area contributed by atoms with Gasteiger partial charge in [-0.3, -0.25) is 0 Å². The smallest absolute Gasteiger partial charge is 0.335 e. The summed E-state index contributed by atoms with van der Waals surface area (Å²) in [4.78, 5) is 11.6. The van der Waals surface area contributed by atoms with Crippen LogP contribution in [0.25, 0.3) is 10.8 Å². The van der Waals surface area contributed by atoms with Crippen LogP contribution in [0.3, 0.4) is 0 Å². The molecule has 0 heterocycles. The minimum atomic E-state index is -0.641. The van der Waals surface area contributed by atoms with Gasteiger partial charge in [-0.1, -0.05) is 30.3 Å². The van der Waals surface area contributed by atoms with Gasteiger partial charge < -0.3 is 14.6 Å². The molecule has 0 fully saturated rings. The van der Waals surface area contributed by atoms with Crippen molar-refractivity contribution >= 4 is 16.7 Å². The largest absolute Gasteiger partial charge is 0.507 e. The van der Waals surface area contributed by atoms with Crippen molar-refractivity contribution in [3.05, 3.63) is 42.0 Å². The first-order valence-electron chi connectivity index (χ1n) is 5.97. The molecule has 2 rings (SSSR count). The molecule has 0 radical (unpaired) electrons. The lowest BCUT2D eigenvalue weighted by Crippen LogP contribution is -2.26. The third-order valence-corrected chi connectivity index (χ3v) is 3.15. The summed E-state index contributed by atoms with van der Waals surface area (Å²) in [7, 11) is 2.81. The molecule has 4 nitrogen and oxygen atoms in total. The van der Waals surface area contributed by atoms with E-state index in [2.05, 4.69) is 0 Å². The number of hydrogen-bond acceptors (Lipinski definition) is 4. The predicted molar refractivity (Wildman–Crippen MR) is 72.1 cm³/mol. The summed E-state index contributed by atoms with van der Waals surface area (Å²) in [5.74, 6) is -0.175. The number of benzene rings is 2. The van der Waals surface area contributed by atoms with Gasteiger partial charge in [-0.25, -0.2) is 4.79 Å². The summed E-state index contributed by atoms with van der Waals surface area (Å²) < 4.78 is 9.85. The highest BCUT2D eigenvalue weighted by Crippen LogP contribution is 2.28. The van der Waals surface area contributed by atoms with E-state index in [1.807, 2.05) is 24.3 Å². The summed E-state index contributed by atoms with van der Waals surface area (Å²) >= 11 is 0. The fourth-order valence-electron chi connectivity index (χ4n) is 2.12. The molecule has 1 N–H and O–H groups in total. The molecule has 100 valence electrons. The zero-order valence-corrected chi connectivity index (χ0v) is 10.9. The van der Waals surface area contributed by atoms with E-state index in [0.29, 0.717) is 6.42 Å². The molecular formula is C15H16O4. The van der Waals surface area contributed by atoms with Gasteiger partial charge in [0.25, 0.3) is 0 Å². The summed E-state index contributed by atoms with van der Waals surface area (Å²) in [5.41, 5.74) is 0.936. The normalized spacial score (nSPS) is 12.3. The molecule has 19 heavy (non-hydrogen) atoms. The molecule has 0 amide bonds. The summed E-state index contributed by atoms with van der Waals surface area (Å²) in [6, 6.07) is 10.9. The molecule has 1 atom stereocenters. The number of ether oxygens (including phenoxy) is 2. The Morgan fingerprint density at radius 1 is 1.16 bits per heavy atom. The maximum atomic E-state index is 11.6. The first kappa shape index (κ1) is 13.4. The Morgan fingerprint density at radius 2 is 1.84 bits per heavy atom. The van der Waals surface area contributed by atoms with Crippen LogP contribution in [0.4, 0.5) is 0 Å². The van der Waals surface area contributed by atoms with Crippen molar-refractivity contribution in [3.8, 4) is 5.75 Å². The number of phenolic OH excluding ortho intramolecular Hbond substituents is 1. The number of fused-ring (bicyclic) bond motifs is 1. The van der Waals surface area contributed by atoms with Crippen LogP contribution >= 0.6 is 0 Å². The van der Waals surface area contributed by atoms with Gasteiger partial charge in [0.15, 0.2) is 6.10 Å². The Morgan fingerprint density at radius 3 is 2.47 bits per heavy atom. The minimum absolute atomic E-state index is 0.228. The number of carbonyl (C=O) groups is 1. The molecule has 0 saturated heterocycles. The van der Waals surface area contributed by atoms with Crippen molar-refractivity contribution in [1.82, 2.24) is 0 Å². The maximum Gasteiger partial charge on any atom is 0.335 e. The molecular weight excluding hydrogens is 244 g/mol. The highest BCUT2D eigenvalue weighted by atomic mass is 16.6. The van der Waals surface area contributed by atoms with Crippen LogP contribution in [0.2, 0.25) is 0 Å². The van der Waals surface area contributed by atoms with Crippen LogP contribution in [0.1, 0.15) is 5.56 Å². The molecule has 4 heteroatoms. The Kier molecular flexibility index (Phi) is 4.02. The molecule has 0 aliphatic carbocycles. The fraction of sp³-hybridized carbons (Fsp3) is 0.267. The lowest BCUT2D eigenvalue weighted by molar-refractivity contribution is -0.152. The van der Waals surface area contributed by atoms with Gasteiger partial charge in [-0.05, 0) is 17.0 Å². The number of esters is 1. The fourth-order valence-corrected chi connectivity index (χ4v) is 2.12.